The highest BCUT2D eigenvalue weighted by molar-refractivity contribution is 5.91. The third-order valence-corrected chi connectivity index (χ3v) is 4.14. The van der Waals surface area contributed by atoms with Crippen LogP contribution >= 0.6 is 0 Å². The lowest BCUT2D eigenvalue weighted by Gasteiger charge is -2.41. The Morgan fingerprint density at radius 1 is 1.42 bits per heavy atom. The predicted octanol–water partition coefficient (Wildman–Crippen LogP) is 1.26. The van der Waals surface area contributed by atoms with Crippen LogP contribution < -0.4 is 0 Å². The Morgan fingerprint density at radius 2 is 2.25 bits per heavy atom. The van der Waals surface area contributed by atoms with E-state index in [1.807, 2.05) is 30.3 Å². The summed E-state index contributed by atoms with van der Waals surface area (Å²) in [6.07, 6.45) is 7.00. The van der Waals surface area contributed by atoms with Crippen molar-refractivity contribution >= 4 is 12.0 Å². The van der Waals surface area contributed by atoms with Crippen LogP contribution in [-0.4, -0.2) is 57.8 Å². The molecule has 1 amide bonds. The molecule has 1 fully saturated rings. The van der Waals surface area contributed by atoms with Gasteiger partial charge in [0, 0.05) is 19.0 Å². The highest BCUT2D eigenvalue weighted by atomic mass is 16.5. The van der Waals surface area contributed by atoms with Crippen LogP contribution in [0.4, 0.5) is 0 Å². The highest BCUT2D eigenvalue weighted by Gasteiger charge is 2.37. The molecule has 1 aromatic carbocycles. The third-order valence-electron chi connectivity index (χ3n) is 4.14. The number of benzene rings is 1. The van der Waals surface area contributed by atoms with Crippen molar-refractivity contribution in [1.82, 2.24) is 14.9 Å². The summed E-state index contributed by atoms with van der Waals surface area (Å²) in [6.45, 7) is 1.17. The van der Waals surface area contributed by atoms with Crippen molar-refractivity contribution in [3.05, 3.63) is 60.2 Å². The van der Waals surface area contributed by atoms with Gasteiger partial charge in [-0.05, 0) is 11.6 Å². The standard InChI is InChI=1S/C18H21N3O3/c22-13-18(10-15-4-2-1-3-5-15)12-21(8-9-24-18)17(23)7-6-16-11-19-14-20-16/h1-7,11,14,22H,8-10,12-13H2,(H,19,20)/b7-6+. The summed E-state index contributed by atoms with van der Waals surface area (Å²) in [4.78, 5) is 21.0. The Labute approximate surface area is 140 Å². The van der Waals surface area contributed by atoms with Gasteiger partial charge >= 0.3 is 0 Å². The fourth-order valence-corrected chi connectivity index (χ4v) is 2.88. The molecular formula is C18H21N3O3. The molecule has 0 bridgehead atoms. The number of morpholine rings is 1. The fourth-order valence-electron chi connectivity index (χ4n) is 2.88. The van der Waals surface area contributed by atoms with Gasteiger partial charge < -0.3 is 19.7 Å². The molecule has 1 aromatic heterocycles. The quantitative estimate of drug-likeness (QED) is 0.810. The van der Waals surface area contributed by atoms with E-state index in [-0.39, 0.29) is 12.5 Å². The number of rotatable bonds is 5. The van der Waals surface area contributed by atoms with E-state index in [1.165, 1.54) is 6.08 Å². The molecule has 2 heterocycles. The molecule has 0 saturated carbocycles. The largest absolute Gasteiger partial charge is 0.393 e. The van der Waals surface area contributed by atoms with E-state index in [1.54, 1.807) is 23.5 Å². The molecule has 0 radical (unpaired) electrons. The first-order valence-electron chi connectivity index (χ1n) is 7.95. The number of hydrogen-bond donors (Lipinski definition) is 2. The lowest BCUT2D eigenvalue weighted by atomic mass is 9.93. The number of nitrogens with one attached hydrogen (secondary N) is 1. The van der Waals surface area contributed by atoms with E-state index < -0.39 is 5.60 Å². The number of aromatic nitrogens is 2. The molecule has 0 aliphatic carbocycles. The summed E-state index contributed by atoms with van der Waals surface area (Å²) in [5.41, 5.74) is 1.10. The first-order valence-corrected chi connectivity index (χ1v) is 7.95. The predicted molar refractivity (Wildman–Crippen MR) is 90.1 cm³/mol. The molecular weight excluding hydrogens is 306 g/mol. The maximum absolute atomic E-state index is 12.4. The highest BCUT2D eigenvalue weighted by Crippen LogP contribution is 2.23. The molecule has 2 N–H and O–H groups in total. The minimum atomic E-state index is -0.753. The van der Waals surface area contributed by atoms with E-state index in [4.69, 9.17) is 4.74 Å². The molecule has 3 rings (SSSR count). The van der Waals surface area contributed by atoms with Crippen LogP contribution in [0.1, 0.15) is 11.3 Å². The van der Waals surface area contributed by atoms with Gasteiger partial charge in [0.05, 0.1) is 38.0 Å². The lowest BCUT2D eigenvalue weighted by molar-refractivity contribution is -0.153. The van der Waals surface area contributed by atoms with Crippen molar-refractivity contribution in [1.29, 1.82) is 0 Å². The summed E-state index contributed by atoms with van der Waals surface area (Å²) in [7, 11) is 0. The van der Waals surface area contributed by atoms with Crippen molar-refractivity contribution in [2.24, 2.45) is 0 Å². The van der Waals surface area contributed by atoms with Crippen LogP contribution in [0.15, 0.2) is 48.9 Å². The molecule has 1 atom stereocenters. The second-order valence-electron chi connectivity index (χ2n) is 5.95. The number of hydrogen-bond acceptors (Lipinski definition) is 4. The average molecular weight is 327 g/mol. The fraction of sp³-hybridized carbons (Fsp3) is 0.333. The molecule has 6 nitrogen and oxygen atoms in total. The monoisotopic (exact) mass is 327 g/mol. The Hall–Kier alpha value is -2.44. The molecule has 126 valence electrons. The number of carbonyl (C=O) groups excluding carboxylic acids is 1. The maximum Gasteiger partial charge on any atom is 0.246 e. The summed E-state index contributed by atoms with van der Waals surface area (Å²) in [6, 6.07) is 9.87. The number of nitrogens with zero attached hydrogens (tertiary/aromatic N) is 2. The second-order valence-corrected chi connectivity index (χ2v) is 5.95. The number of aromatic amines is 1. The zero-order valence-corrected chi connectivity index (χ0v) is 13.4. The molecule has 2 aromatic rings. The van der Waals surface area contributed by atoms with Crippen LogP contribution in [-0.2, 0) is 16.0 Å². The van der Waals surface area contributed by atoms with Crippen LogP contribution in [0.3, 0.4) is 0 Å². The molecule has 1 aliphatic heterocycles. The normalized spacial score (nSPS) is 21.3. The van der Waals surface area contributed by atoms with Crippen molar-refractivity contribution in [2.75, 3.05) is 26.3 Å². The van der Waals surface area contributed by atoms with E-state index in [9.17, 15) is 9.90 Å². The van der Waals surface area contributed by atoms with Gasteiger partial charge in [-0.15, -0.1) is 0 Å². The molecule has 1 unspecified atom stereocenters. The van der Waals surface area contributed by atoms with Crippen LogP contribution in [0.5, 0.6) is 0 Å². The van der Waals surface area contributed by atoms with Gasteiger partial charge in [0.2, 0.25) is 5.91 Å². The molecule has 1 saturated heterocycles. The van der Waals surface area contributed by atoms with Crippen molar-refractivity contribution in [2.45, 2.75) is 12.0 Å². The van der Waals surface area contributed by atoms with Gasteiger partial charge in [-0.1, -0.05) is 30.3 Å². The van der Waals surface area contributed by atoms with E-state index in [0.717, 1.165) is 11.3 Å². The molecule has 24 heavy (non-hydrogen) atoms. The minimum absolute atomic E-state index is 0.0983. The summed E-state index contributed by atoms with van der Waals surface area (Å²) >= 11 is 0. The first-order chi connectivity index (χ1) is 11.7. The molecule has 0 spiro atoms. The number of carbonyl (C=O) groups is 1. The van der Waals surface area contributed by atoms with Crippen LogP contribution in [0.25, 0.3) is 6.08 Å². The van der Waals surface area contributed by atoms with Crippen LogP contribution in [0, 0.1) is 0 Å². The average Bonchev–Trinajstić information content (AvgIpc) is 3.14. The lowest BCUT2D eigenvalue weighted by Crippen LogP contribution is -2.56. The van der Waals surface area contributed by atoms with E-state index in [0.29, 0.717) is 26.1 Å². The minimum Gasteiger partial charge on any atom is -0.393 e. The summed E-state index contributed by atoms with van der Waals surface area (Å²) in [5.74, 6) is -0.0983. The van der Waals surface area contributed by atoms with Crippen molar-refractivity contribution < 1.29 is 14.6 Å². The van der Waals surface area contributed by atoms with Crippen molar-refractivity contribution in [3.8, 4) is 0 Å². The molecule has 6 heteroatoms. The van der Waals surface area contributed by atoms with Gasteiger partial charge in [-0.2, -0.15) is 0 Å². The number of ether oxygens (including phenoxy) is 1. The second kappa shape index (κ2) is 7.42. The number of imidazole rings is 1. The zero-order chi connectivity index (χ0) is 16.8. The number of H-pyrrole nitrogens is 1. The number of amides is 1. The Kier molecular flexibility index (Phi) is 5.08. The van der Waals surface area contributed by atoms with Crippen molar-refractivity contribution in [3.63, 3.8) is 0 Å². The van der Waals surface area contributed by atoms with Crippen LogP contribution in [0.2, 0.25) is 0 Å². The third kappa shape index (κ3) is 3.90. The Morgan fingerprint density at radius 3 is 2.96 bits per heavy atom. The Bertz CT molecular complexity index is 685. The molecule has 1 aliphatic rings. The van der Waals surface area contributed by atoms with Gasteiger partial charge in [-0.3, -0.25) is 4.79 Å². The smallest absolute Gasteiger partial charge is 0.246 e. The summed E-state index contributed by atoms with van der Waals surface area (Å²) in [5, 5.41) is 9.89. The van der Waals surface area contributed by atoms with Gasteiger partial charge in [0.1, 0.15) is 5.60 Å². The number of aliphatic hydroxyl groups excluding tert-OH is 1. The maximum atomic E-state index is 12.4. The Balaban J connectivity index is 1.68. The van der Waals surface area contributed by atoms with E-state index >= 15 is 0 Å². The van der Waals surface area contributed by atoms with E-state index in [2.05, 4.69) is 9.97 Å². The summed E-state index contributed by atoms with van der Waals surface area (Å²) < 4.78 is 5.87. The SMILES string of the molecule is O=C(/C=C/c1cnc[nH]1)N1CCOC(CO)(Cc2ccccc2)C1. The topological polar surface area (TPSA) is 78.5 Å². The number of aliphatic hydroxyl groups is 1. The first kappa shape index (κ1) is 16.4. The van der Waals surface area contributed by atoms with Gasteiger partial charge in [-0.25, -0.2) is 4.98 Å². The van der Waals surface area contributed by atoms with Gasteiger partial charge in [0.25, 0.3) is 0 Å². The van der Waals surface area contributed by atoms with Gasteiger partial charge in [0.15, 0.2) is 0 Å². The zero-order valence-electron chi connectivity index (χ0n) is 13.4.